The van der Waals surface area contributed by atoms with E-state index in [9.17, 15) is 4.79 Å². The highest BCUT2D eigenvalue weighted by atomic mass is 35.5. The Hall–Kier alpha value is -3.49. The number of methoxy groups -OCH3 is 1. The molecule has 4 rings (SSSR count). The van der Waals surface area contributed by atoms with Crippen LogP contribution in [-0.2, 0) is 0 Å². The number of aryl methyl sites for hydroxylation is 1. The highest BCUT2D eigenvalue weighted by Gasteiger charge is 2.13. The SMILES string of the molecule is COc1ccc(C(=O)NC(=S)Nc2ccc(-c3nc4ncccc4o3)cc2C)cc1Cl. The lowest BCUT2D eigenvalue weighted by Gasteiger charge is -2.13. The number of oxazole rings is 1. The molecule has 2 heterocycles. The molecule has 0 saturated heterocycles. The molecule has 31 heavy (non-hydrogen) atoms. The Labute approximate surface area is 188 Å². The van der Waals surface area contributed by atoms with Crippen molar-refractivity contribution in [3.63, 3.8) is 0 Å². The number of carbonyl (C=O) groups excluding carboxylic acids is 1. The van der Waals surface area contributed by atoms with Gasteiger partial charge in [-0.3, -0.25) is 10.1 Å². The molecule has 4 aromatic rings. The van der Waals surface area contributed by atoms with Gasteiger partial charge >= 0.3 is 0 Å². The van der Waals surface area contributed by atoms with Gasteiger partial charge in [0.15, 0.2) is 16.3 Å². The zero-order chi connectivity index (χ0) is 22.0. The number of halogens is 1. The van der Waals surface area contributed by atoms with Crippen molar-refractivity contribution < 1.29 is 13.9 Å². The van der Waals surface area contributed by atoms with Gasteiger partial charge in [0.1, 0.15) is 5.75 Å². The van der Waals surface area contributed by atoms with E-state index in [1.807, 2.05) is 31.2 Å². The summed E-state index contributed by atoms with van der Waals surface area (Å²) >= 11 is 11.4. The predicted molar refractivity (Wildman–Crippen MR) is 124 cm³/mol. The summed E-state index contributed by atoms with van der Waals surface area (Å²) in [5.74, 6) is 0.593. The van der Waals surface area contributed by atoms with Crippen LogP contribution in [0.2, 0.25) is 5.02 Å². The molecule has 7 nitrogen and oxygen atoms in total. The maximum absolute atomic E-state index is 12.4. The van der Waals surface area contributed by atoms with Crippen LogP contribution in [0.3, 0.4) is 0 Å². The fourth-order valence-corrected chi connectivity index (χ4v) is 3.43. The Morgan fingerprint density at radius 1 is 1.19 bits per heavy atom. The van der Waals surface area contributed by atoms with E-state index in [4.69, 9.17) is 33.0 Å². The third-order valence-corrected chi connectivity index (χ3v) is 5.03. The van der Waals surface area contributed by atoms with E-state index in [1.165, 1.54) is 13.2 Å². The van der Waals surface area contributed by atoms with E-state index >= 15 is 0 Å². The standard InChI is InChI=1S/C22H17ClN4O3S/c1-12-10-14(21-26-19-18(30-21)4-3-9-24-19)5-7-16(12)25-22(31)27-20(28)13-6-8-17(29-2)15(23)11-13/h3-11H,1-2H3,(H2,25,27,28,31). The van der Waals surface area contributed by atoms with E-state index < -0.39 is 0 Å². The Balaban J connectivity index is 1.45. The Morgan fingerprint density at radius 2 is 2.03 bits per heavy atom. The van der Waals surface area contributed by atoms with Gasteiger partial charge in [0.25, 0.3) is 5.91 Å². The number of rotatable bonds is 4. The van der Waals surface area contributed by atoms with Gasteiger partial charge < -0.3 is 14.5 Å². The molecule has 2 aromatic heterocycles. The van der Waals surface area contributed by atoms with Gasteiger partial charge in [-0.1, -0.05) is 11.6 Å². The number of fused-ring (bicyclic) bond motifs is 1. The van der Waals surface area contributed by atoms with Gasteiger partial charge in [-0.05, 0) is 73.2 Å². The smallest absolute Gasteiger partial charge is 0.257 e. The van der Waals surface area contributed by atoms with Crippen LogP contribution in [0.25, 0.3) is 22.7 Å². The summed E-state index contributed by atoms with van der Waals surface area (Å²) in [5, 5.41) is 6.18. The van der Waals surface area contributed by atoms with Crippen molar-refractivity contribution in [2.24, 2.45) is 0 Å². The van der Waals surface area contributed by atoms with E-state index in [2.05, 4.69) is 20.6 Å². The number of amides is 1. The zero-order valence-corrected chi connectivity index (χ0v) is 18.2. The first-order chi connectivity index (χ1) is 14.9. The van der Waals surface area contributed by atoms with Gasteiger partial charge in [0.2, 0.25) is 5.89 Å². The fraction of sp³-hybridized carbons (Fsp3) is 0.0909. The Kier molecular flexibility index (Phi) is 5.83. The van der Waals surface area contributed by atoms with Gasteiger partial charge in [-0.25, -0.2) is 4.98 Å². The first-order valence-electron chi connectivity index (χ1n) is 9.23. The van der Waals surface area contributed by atoms with Crippen molar-refractivity contribution in [2.45, 2.75) is 6.92 Å². The second-order valence-corrected chi connectivity index (χ2v) is 7.45. The van der Waals surface area contributed by atoms with Gasteiger partial charge in [0.05, 0.1) is 12.1 Å². The molecule has 9 heteroatoms. The molecule has 1 amide bonds. The lowest BCUT2D eigenvalue weighted by molar-refractivity contribution is 0.0977. The summed E-state index contributed by atoms with van der Waals surface area (Å²) in [7, 11) is 1.51. The first kappa shape index (κ1) is 20.8. The maximum Gasteiger partial charge on any atom is 0.257 e. The molecule has 0 bridgehead atoms. The molecule has 156 valence electrons. The summed E-state index contributed by atoms with van der Waals surface area (Å²) in [5.41, 5.74) is 4.00. The lowest BCUT2D eigenvalue weighted by atomic mass is 10.1. The average Bonchev–Trinajstić information content (AvgIpc) is 3.19. The molecule has 2 N–H and O–H groups in total. The van der Waals surface area contributed by atoms with Gasteiger partial charge in [0, 0.05) is 23.0 Å². The summed E-state index contributed by atoms with van der Waals surface area (Å²) in [4.78, 5) is 21.0. The van der Waals surface area contributed by atoms with Gasteiger partial charge in [-0.15, -0.1) is 0 Å². The molecular weight excluding hydrogens is 436 g/mol. The minimum Gasteiger partial charge on any atom is -0.495 e. The zero-order valence-electron chi connectivity index (χ0n) is 16.6. The van der Waals surface area contributed by atoms with Gasteiger partial charge in [-0.2, -0.15) is 4.98 Å². The quantitative estimate of drug-likeness (QED) is 0.422. The molecule has 0 radical (unpaired) electrons. The van der Waals surface area contributed by atoms with E-state index in [1.54, 1.807) is 24.4 Å². The second kappa shape index (κ2) is 8.71. The largest absolute Gasteiger partial charge is 0.495 e. The number of pyridine rings is 1. The molecule has 0 saturated carbocycles. The van der Waals surface area contributed by atoms with Crippen LogP contribution >= 0.6 is 23.8 Å². The van der Waals surface area contributed by atoms with Crippen LogP contribution in [0.1, 0.15) is 15.9 Å². The second-order valence-electron chi connectivity index (χ2n) is 6.63. The fourth-order valence-electron chi connectivity index (χ4n) is 2.97. The minimum absolute atomic E-state index is 0.166. The van der Waals surface area contributed by atoms with Crippen LogP contribution in [0, 0.1) is 6.92 Å². The van der Waals surface area contributed by atoms with Crippen LogP contribution < -0.4 is 15.4 Å². The number of hydrogen-bond donors (Lipinski definition) is 2. The molecule has 0 spiro atoms. The van der Waals surface area contributed by atoms with Crippen LogP contribution in [0.4, 0.5) is 5.69 Å². The van der Waals surface area contributed by atoms with Crippen LogP contribution in [0.5, 0.6) is 5.75 Å². The van der Waals surface area contributed by atoms with E-state index in [0.717, 1.165) is 16.8 Å². The third-order valence-electron chi connectivity index (χ3n) is 4.53. The number of anilines is 1. The van der Waals surface area contributed by atoms with Crippen LogP contribution in [-0.4, -0.2) is 28.1 Å². The van der Waals surface area contributed by atoms with Crippen molar-refractivity contribution in [3.05, 3.63) is 70.9 Å². The molecule has 2 aromatic carbocycles. The number of aromatic nitrogens is 2. The number of thiocarbonyl (C=S) groups is 1. The minimum atomic E-state index is -0.379. The lowest BCUT2D eigenvalue weighted by Crippen LogP contribution is -2.34. The number of ether oxygens (including phenoxy) is 1. The summed E-state index contributed by atoms with van der Waals surface area (Å²) < 4.78 is 10.9. The number of nitrogens with zero attached hydrogens (tertiary/aromatic N) is 2. The predicted octanol–water partition coefficient (Wildman–Crippen LogP) is 4.99. The number of carbonyl (C=O) groups is 1. The average molecular weight is 453 g/mol. The molecule has 0 atom stereocenters. The van der Waals surface area contributed by atoms with Crippen LogP contribution in [0.15, 0.2) is 59.1 Å². The number of nitrogens with one attached hydrogen (secondary N) is 2. The molecule has 0 aliphatic rings. The molecule has 0 unspecified atom stereocenters. The summed E-state index contributed by atoms with van der Waals surface area (Å²) in [6, 6.07) is 14.0. The first-order valence-corrected chi connectivity index (χ1v) is 10.0. The topological polar surface area (TPSA) is 89.3 Å². The molecule has 0 aliphatic heterocycles. The van der Waals surface area contributed by atoms with Crippen molar-refractivity contribution in [1.82, 2.24) is 15.3 Å². The molecular formula is C22H17ClN4O3S. The van der Waals surface area contributed by atoms with Crippen molar-refractivity contribution in [3.8, 4) is 17.2 Å². The van der Waals surface area contributed by atoms with E-state index in [0.29, 0.717) is 33.5 Å². The van der Waals surface area contributed by atoms with E-state index in [-0.39, 0.29) is 11.0 Å². The Bertz CT molecular complexity index is 1270. The number of benzene rings is 2. The highest BCUT2D eigenvalue weighted by molar-refractivity contribution is 7.80. The summed E-state index contributed by atoms with van der Waals surface area (Å²) in [6.45, 7) is 1.92. The van der Waals surface area contributed by atoms with Crippen molar-refractivity contribution in [2.75, 3.05) is 12.4 Å². The van der Waals surface area contributed by atoms with Crippen molar-refractivity contribution >= 4 is 51.8 Å². The third kappa shape index (κ3) is 4.50. The highest BCUT2D eigenvalue weighted by Crippen LogP contribution is 2.27. The Morgan fingerprint density at radius 3 is 2.74 bits per heavy atom. The molecule has 0 fully saturated rings. The summed E-state index contributed by atoms with van der Waals surface area (Å²) in [6.07, 6.45) is 1.67. The number of hydrogen-bond acceptors (Lipinski definition) is 6. The van der Waals surface area contributed by atoms with Crippen molar-refractivity contribution in [1.29, 1.82) is 0 Å². The normalized spacial score (nSPS) is 10.7. The maximum atomic E-state index is 12.4. The monoisotopic (exact) mass is 452 g/mol. The molecule has 0 aliphatic carbocycles.